The van der Waals surface area contributed by atoms with Crippen molar-refractivity contribution < 1.29 is 0 Å². The number of halogens is 1. The van der Waals surface area contributed by atoms with Crippen molar-refractivity contribution in [2.24, 2.45) is 0 Å². The van der Waals surface area contributed by atoms with E-state index in [-0.39, 0.29) is 0 Å². The van der Waals surface area contributed by atoms with Crippen molar-refractivity contribution in [3.05, 3.63) is 39.2 Å². The molecule has 0 bridgehead atoms. The molecule has 0 aliphatic rings. The number of imidazole rings is 1. The highest BCUT2D eigenvalue weighted by atomic mass is 127. The van der Waals surface area contributed by atoms with Crippen molar-refractivity contribution in [1.82, 2.24) is 9.55 Å². The van der Waals surface area contributed by atoms with Crippen molar-refractivity contribution >= 4 is 45.8 Å². The Bertz CT molecular complexity index is 553. The summed E-state index contributed by atoms with van der Waals surface area (Å²) in [5, 5.41) is 0. The molecule has 0 spiro atoms. The smallest absolute Gasteiger partial charge is 0.178 e. The summed E-state index contributed by atoms with van der Waals surface area (Å²) in [4.78, 5) is 3.22. The second-order valence-electron chi connectivity index (χ2n) is 3.32. The zero-order valence-electron chi connectivity index (χ0n) is 8.16. The van der Waals surface area contributed by atoms with Gasteiger partial charge in [0.25, 0.3) is 0 Å². The van der Waals surface area contributed by atoms with Crippen molar-refractivity contribution in [1.29, 1.82) is 0 Å². The van der Waals surface area contributed by atoms with E-state index in [1.807, 2.05) is 6.08 Å². The Labute approximate surface area is 107 Å². The van der Waals surface area contributed by atoms with E-state index in [0.717, 1.165) is 23.3 Å². The fourth-order valence-electron chi connectivity index (χ4n) is 1.58. The lowest BCUT2D eigenvalue weighted by molar-refractivity contribution is 0.721. The number of hydrogen-bond donors (Lipinski definition) is 1. The topological polar surface area (TPSA) is 20.7 Å². The number of rotatable bonds is 3. The molecule has 2 nitrogen and oxygen atoms in total. The van der Waals surface area contributed by atoms with Gasteiger partial charge in [-0.15, -0.1) is 6.58 Å². The lowest BCUT2D eigenvalue weighted by Crippen LogP contribution is -1.96. The molecule has 4 heteroatoms. The first-order chi connectivity index (χ1) is 7.22. The molecular formula is C11H11IN2S. The van der Waals surface area contributed by atoms with Gasteiger partial charge in [-0.25, -0.2) is 0 Å². The quantitative estimate of drug-likeness (QED) is 0.515. The number of hydrogen-bond acceptors (Lipinski definition) is 1. The Hall–Kier alpha value is -0.620. The number of fused-ring (bicyclic) bond motifs is 1. The summed E-state index contributed by atoms with van der Waals surface area (Å²) < 4.78 is 4.11. The van der Waals surface area contributed by atoms with Gasteiger partial charge >= 0.3 is 0 Å². The van der Waals surface area contributed by atoms with Gasteiger partial charge in [0, 0.05) is 10.1 Å². The van der Waals surface area contributed by atoms with Crippen LogP contribution < -0.4 is 0 Å². The molecule has 0 fully saturated rings. The van der Waals surface area contributed by atoms with E-state index in [1.165, 1.54) is 9.09 Å². The molecule has 1 aromatic carbocycles. The first-order valence-electron chi connectivity index (χ1n) is 4.71. The highest BCUT2D eigenvalue weighted by Crippen LogP contribution is 2.17. The van der Waals surface area contributed by atoms with Crippen LogP contribution in [0.4, 0.5) is 0 Å². The van der Waals surface area contributed by atoms with E-state index in [9.17, 15) is 0 Å². The maximum atomic E-state index is 5.28. The van der Waals surface area contributed by atoms with Crippen LogP contribution in [0.1, 0.15) is 6.42 Å². The van der Waals surface area contributed by atoms with Crippen LogP contribution in [0.5, 0.6) is 0 Å². The van der Waals surface area contributed by atoms with E-state index in [2.05, 4.69) is 56.9 Å². The SMILES string of the molecule is C=CCCn1c(=S)[nH]c2cc(I)ccc21. The van der Waals surface area contributed by atoms with Crippen molar-refractivity contribution in [3.8, 4) is 0 Å². The number of benzene rings is 1. The van der Waals surface area contributed by atoms with Gasteiger partial charge in [0.05, 0.1) is 11.0 Å². The third-order valence-electron chi connectivity index (χ3n) is 2.29. The van der Waals surface area contributed by atoms with Crippen LogP contribution in [0.15, 0.2) is 30.9 Å². The Morgan fingerprint density at radius 1 is 1.53 bits per heavy atom. The Balaban J connectivity index is 2.58. The predicted octanol–water partition coefficient (Wildman–Crippen LogP) is 3.88. The number of aromatic nitrogens is 2. The minimum atomic E-state index is 0.786. The van der Waals surface area contributed by atoms with Crippen LogP contribution in [-0.4, -0.2) is 9.55 Å². The van der Waals surface area contributed by atoms with Crippen molar-refractivity contribution in [2.75, 3.05) is 0 Å². The average molecular weight is 330 g/mol. The molecule has 0 radical (unpaired) electrons. The molecule has 0 unspecified atom stereocenters. The van der Waals surface area contributed by atoms with E-state index >= 15 is 0 Å². The zero-order chi connectivity index (χ0) is 10.8. The second-order valence-corrected chi connectivity index (χ2v) is 4.95. The van der Waals surface area contributed by atoms with Crippen LogP contribution in [0.3, 0.4) is 0 Å². The van der Waals surface area contributed by atoms with E-state index in [4.69, 9.17) is 12.2 Å². The van der Waals surface area contributed by atoms with Gasteiger partial charge in [-0.2, -0.15) is 0 Å². The molecule has 1 N–H and O–H groups in total. The fraction of sp³-hybridized carbons (Fsp3) is 0.182. The zero-order valence-corrected chi connectivity index (χ0v) is 11.1. The monoisotopic (exact) mass is 330 g/mol. The molecule has 0 amide bonds. The molecule has 1 aromatic heterocycles. The summed E-state index contributed by atoms with van der Waals surface area (Å²) in [6.07, 6.45) is 2.85. The van der Waals surface area contributed by atoms with Crippen molar-refractivity contribution in [3.63, 3.8) is 0 Å². The summed E-state index contributed by atoms with van der Waals surface area (Å²) in [5.41, 5.74) is 2.28. The van der Waals surface area contributed by atoms with Gasteiger partial charge in [0.1, 0.15) is 0 Å². The highest BCUT2D eigenvalue weighted by Gasteiger charge is 2.03. The summed E-state index contributed by atoms with van der Waals surface area (Å²) in [6.45, 7) is 4.62. The number of aromatic amines is 1. The van der Waals surface area contributed by atoms with Gasteiger partial charge in [0.15, 0.2) is 4.77 Å². The Morgan fingerprint density at radius 3 is 3.07 bits per heavy atom. The number of aryl methyl sites for hydroxylation is 1. The van der Waals surface area contributed by atoms with Crippen LogP contribution >= 0.6 is 34.8 Å². The van der Waals surface area contributed by atoms with Crippen LogP contribution in [0.25, 0.3) is 11.0 Å². The highest BCUT2D eigenvalue weighted by molar-refractivity contribution is 14.1. The Kier molecular flexibility index (Phi) is 3.25. The molecule has 78 valence electrons. The average Bonchev–Trinajstić information content (AvgIpc) is 2.50. The molecule has 15 heavy (non-hydrogen) atoms. The molecule has 0 saturated carbocycles. The molecule has 0 atom stereocenters. The molecular weight excluding hydrogens is 319 g/mol. The van der Waals surface area contributed by atoms with Crippen LogP contribution in [0, 0.1) is 8.34 Å². The van der Waals surface area contributed by atoms with Gasteiger partial charge in [-0.1, -0.05) is 6.08 Å². The second kappa shape index (κ2) is 4.49. The number of nitrogens with one attached hydrogen (secondary N) is 1. The third-order valence-corrected chi connectivity index (χ3v) is 3.29. The maximum absolute atomic E-state index is 5.28. The van der Waals surface area contributed by atoms with E-state index < -0.39 is 0 Å². The summed E-state index contributed by atoms with van der Waals surface area (Å²) in [7, 11) is 0. The third kappa shape index (κ3) is 2.15. The van der Waals surface area contributed by atoms with E-state index in [1.54, 1.807) is 0 Å². The Morgan fingerprint density at radius 2 is 2.33 bits per heavy atom. The molecule has 1 heterocycles. The fourth-order valence-corrected chi connectivity index (χ4v) is 2.37. The molecule has 0 saturated heterocycles. The normalized spacial score (nSPS) is 10.7. The van der Waals surface area contributed by atoms with Gasteiger partial charge < -0.3 is 9.55 Å². The van der Waals surface area contributed by atoms with Gasteiger partial charge in [0.2, 0.25) is 0 Å². The standard InChI is InChI=1S/C11H11IN2S/c1-2-3-6-14-10-5-4-8(12)7-9(10)13-11(14)15/h2,4-5,7H,1,3,6H2,(H,13,15). The van der Waals surface area contributed by atoms with Crippen LogP contribution in [-0.2, 0) is 6.54 Å². The lowest BCUT2D eigenvalue weighted by Gasteiger charge is -2.01. The molecule has 2 aromatic rings. The minimum Gasteiger partial charge on any atom is -0.331 e. The first-order valence-corrected chi connectivity index (χ1v) is 6.20. The summed E-state index contributed by atoms with van der Waals surface area (Å²) in [6, 6.07) is 6.30. The van der Waals surface area contributed by atoms with E-state index in [0.29, 0.717) is 0 Å². The number of allylic oxidation sites excluding steroid dienone is 1. The summed E-state index contributed by atoms with van der Waals surface area (Å²) in [5.74, 6) is 0. The maximum Gasteiger partial charge on any atom is 0.178 e. The molecule has 0 aliphatic carbocycles. The van der Waals surface area contributed by atoms with Crippen LogP contribution in [0.2, 0.25) is 0 Å². The molecule has 2 rings (SSSR count). The largest absolute Gasteiger partial charge is 0.331 e. The lowest BCUT2D eigenvalue weighted by atomic mass is 10.3. The van der Waals surface area contributed by atoms with Crippen molar-refractivity contribution in [2.45, 2.75) is 13.0 Å². The number of nitrogens with zero attached hydrogens (tertiary/aromatic N) is 1. The number of H-pyrrole nitrogens is 1. The van der Waals surface area contributed by atoms with Gasteiger partial charge in [-0.3, -0.25) is 0 Å². The minimum absolute atomic E-state index is 0.786. The van der Waals surface area contributed by atoms with Gasteiger partial charge in [-0.05, 0) is 59.4 Å². The molecule has 0 aliphatic heterocycles. The first kappa shape index (κ1) is 10.9. The predicted molar refractivity (Wildman–Crippen MR) is 74.7 cm³/mol. The summed E-state index contributed by atoms with van der Waals surface area (Å²) >= 11 is 7.58.